The molecule has 0 radical (unpaired) electrons. The van der Waals surface area contributed by atoms with Gasteiger partial charge < -0.3 is 0 Å². The number of hydrazine groups is 1. The van der Waals surface area contributed by atoms with Gasteiger partial charge in [0.1, 0.15) is 11.6 Å². The smallest absolute Gasteiger partial charge is 0.270 e. The Morgan fingerprint density at radius 1 is 1.25 bits per heavy atom. The predicted octanol–water partition coefficient (Wildman–Crippen LogP) is 0.821. The summed E-state index contributed by atoms with van der Waals surface area (Å²) in [4.78, 5) is 28.0. The quantitative estimate of drug-likeness (QED) is 0.885. The van der Waals surface area contributed by atoms with Crippen molar-refractivity contribution in [3.05, 3.63) is 65.7 Å². The maximum atomic E-state index is 13.4. The number of nitrogens with one attached hydrogen (secondary N) is 1. The Hall–Kier alpha value is -2.81. The molecule has 124 valence electrons. The van der Waals surface area contributed by atoms with Gasteiger partial charge in [-0.1, -0.05) is 12.1 Å². The van der Waals surface area contributed by atoms with Crippen molar-refractivity contribution in [2.45, 2.75) is 5.37 Å². The van der Waals surface area contributed by atoms with Crippen LogP contribution in [0.4, 0.5) is 4.39 Å². The summed E-state index contributed by atoms with van der Waals surface area (Å²) in [6.45, 7) is 0. The van der Waals surface area contributed by atoms with Crippen molar-refractivity contribution < 1.29 is 22.4 Å². The highest BCUT2D eigenvalue weighted by Crippen LogP contribution is 2.32. The molecule has 2 amide bonds. The van der Waals surface area contributed by atoms with Crippen molar-refractivity contribution in [3.63, 3.8) is 0 Å². The molecule has 9 heteroatoms. The van der Waals surface area contributed by atoms with Crippen LogP contribution in [0.25, 0.3) is 0 Å². The number of hydrogen-bond donors (Lipinski definition) is 1. The Kier molecular flexibility index (Phi) is 4.02. The molecule has 1 aliphatic rings. The molecule has 1 saturated heterocycles. The van der Waals surface area contributed by atoms with Gasteiger partial charge in [-0.25, -0.2) is 17.8 Å². The van der Waals surface area contributed by atoms with Crippen LogP contribution in [0, 0.1) is 5.82 Å². The van der Waals surface area contributed by atoms with Crippen LogP contribution < -0.4 is 5.43 Å². The molecule has 1 aromatic heterocycles. The number of hydrogen-bond acceptors (Lipinski definition) is 5. The third-order valence-electron chi connectivity index (χ3n) is 3.47. The zero-order chi connectivity index (χ0) is 17.3. The third kappa shape index (κ3) is 2.98. The second-order valence-electron chi connectivity index (χ2n) is 5.16. The number of aromatic nitrogens is 1. The number of sulfone groups is 1. The van der Waals surface area contributed by atoms with Gasteiger partial charge in [0, 0.05) is 18.0 Å². The highest BCUT2D eigenvalue weighted by Gasteiger charge is 2.46. The van der Waals surface area contributed by atoms with Gasteiger partial charge in [-0.15, -0.1) is 0 Å². The third-order valence-corrected chi connectivity index (χ3v) is 5.28. The first-order chi connectivity index (χ1) is 11.4. The van der Waals surface area contributed by atoms with Crippen LogP contribution in [0.5, 0.6) is 0 Å². The van der Waals surface area contributed by atoms with Gasteiger partial charge in [0.2, 0.25) is 0 Å². The van der Waals surface area contributed by atoms with Gasteiger partial charge in [-0.2, -0.15) is 0 Å². The van der Waals surface area contributed by atoms with Crippen LogP contribution in [0.2, 0.25) is 0 Å². The van der Waals surface area contributed by atoms with Gasteiger partial charge >= 0.3 is 0 Å². The van der Waals surface area contributed by atoms with Crippen molar-refractivity contribution in [2.75, 3.05) is 5.75 Å². The second-order valence-corrected chi connectivity index (χ2v) is 7.22. The molecule has 0 saturated carbocycles. The van der Waals surface area contributed by atoms with Gasteiger partial charge in [0.05, 0.1) is 0 Å². The van der Waals surface area contributed by atoms with Crippen molar-refractivity contribution in [1.29, 1.82) is 0 Å². The molecule has 2 aromatic rings. The van der Waals surface area contributed by atoms with E-state index in [0.717, 1.165) is 17.1 Å². The summed E-state index contributed by atoms with van der Waals surface area (Å²) in [5, 5.41) is -0.737. The standard InChI is InChI=1S/C15H12FN3O4S/c16-12-3-1-2-11(8-12)15-19(13(20)9-24(15,22)23)18-14(21)10-4-6-17-7-5-10/h1-8,15H,9H2,(H,18,21)/t15-/m1/s1. The molecule has 1 fully saturated rings. The fourth-order valence-electron chi connectivity index (χ4n) is 2.43. The number of carbonyl (C=O) groups is 2. The van der Waals surface area contributed by atoms with Crippen molar-refractivity contribution in [1.82, 2.24) is 15.4 Å². The van der Waals surface area contributed by atoms with Gasteiger partial charge in [0.15, 0.2) is 15.2 Å². The van der Waals surface area contributed by atoms with E-state index in [1.165, 1.54) is 36.7 Å². The van der Waals surface area contributed by atoms with E-state index in [0.29, 0.717) is 0 Å². The summed E-state index contributed by atoms with van der Waals surface area (Å²) in [7, 11) is -3.90. The first-order valence-electron chi connectivity index (χ1n) is 6.88. The minimum absolute atomic E-state index is 0.0656. The van der Waals surface area contributed by atoms with Crippen LogP contribution in [0.15, 0.2) is 48.8 Å². The zero-order valence-corrected chi connectivity index (χ0v) is 13.0. The van der Waals surface area contributed by atoms with E-state index in [2.05, 4.69) is 10.4 Å². The molecule has 2 heterocycles. The number of halogens is 1. The van der Waals surface area contributed by atoms with Gasteiger partial charge in [-0.05, 0) is 29.8 Å². The number of benzene rings is 1. The normalized spacial score (nSPS) is 19.3. The Balaban J connectivity index is 1.95. The van der Waals surface area contributed by atoms with E-state index < -0.39 is 38.6 Å². The molecule has 0 unspecified atom stereocenters. The monoisotopic (exact) mass is 349 g/mol. The van der Waals surface area contributed by atoms with E-state index in [-0.39, 0.29) is 11.1 Å². The molecule has 1 N–H and O–H groups in total. The van der Waals surface area contributed by atoms with Crippen LogP contribution in [0.1, 0.15) is 21.3 Å². The fraction of sp³-hybridized carbons (Fsp3) is 0.133. The van der Waals surface area contributed by atoms with E-state index in [9.17, 15) is 22.4 Å². The summed E-state index contributed by atoms with van der Waals surface area (Å²) >= 11 is 0. The average Bonchev–Trinajstić information content (AvgIpc) is 2.76. The lowest BCUT2D eigenvalue weighted by Gasteiger charge is -2.24. The van der Waals surface area contributed by atoms with Crippen molar-refractivity contribution in [2.24, 2.45) is 0 Å². The summed E-state index contributed by atoms with van der Waals surface area (Å²) in [6.07, 6.45) is 2.78. The topological polar surface area (TPSA) is 96.4 Å². The SMILES string of the molecule is O=C(NN1C(=O)CS(=O)(=O)[C@@H]1c1cccc(F)c1)c1ccncc1. The lowest BCUT2D eigenvalue weighted by Crippen LogP contribution is -2.45. The molecule has 0 spiro atoms. The molecule has 1 aliphatic heterocycles. The van der Waals surface area contributed by atoms with E-state index >= 15 is 0 Å². The van der Waals surface area contributed by atoms with Crippen LogP contribution in [-0.2, 0) is 14.6 Å². The van der Waals surface area contributed by atoms with Crippen molar-refractivity contribution in [3.8, 4) is 0 Å². The van der Waals surface area contributed by atoms with E-state index in [1.807, 2.05) is 0 Å². The molecule has 0 aliphatic carbocycles. The minimum atomic E-state index is -3.90. The Labute approximate surface area is 137 Å². The highest BCUT2D eigenvalue weighted by molar-refractivity contribution is 7.92. The van der Waals surface area contributed by atoms with Crippen LogP contribution in [0.3, 0.4) is 0 Å². The molecule has 0 bridgehead atoms. The average molecular weight is 349 g/mol. The maximum Gasteiger partial charge on any atom is 0.270 e. The number of pyridine rings is 1. The highest BCUT2D eigenvalue weighted by atomic mass is 32.2. The first kappa shape index (κ1) is 16.1. The minimum Gasteiger partial charge on any atom is -0.272 e. The first-order valence-corrected chi connectivity index (χ1v) is 8.60. The Morgan fingerprint density at radius 2 is 1.96 bits per heavy atom. The van der Waals surface area contributed by atoms with Crippen LogP contribution >= 0.6 is 0 Å². The summed E-state index contributed by atoms with van der Waals surface area (Å²) in [6, 6.07) is 7.74. The maximum absolute atomic E-state index is 13.4. The fourth-order valence-corrected chi connectivity index (χ4v) is 4.12. The summed E-state index contributed by atoms with van der Waals surface area (Å²) < 4.78 is 38.0. The molecule has 7 nitrogen and oxygen atoms in total. The molecule has 1 aromatic carbocycles. The largest absolute Gasteiger partial charge is 0.272 e. The van der Waals surface area contributed by atoms with Crippen molar-refractivity contribution >= 4 is 21.7 Å². The number of amides is 2. The van der Waals surface area contributed by atoms with E-state index in [4.69, 9.17) is 0 Å². The zero-order valence-electron chi connectivity index (χ0n) is 12.2. The molecular formula is C15H12FN3O4S. The molecular weight excluding hydrogens is 337 g/mol. The predicted molar refractivity (Wildman–Crippen MR) is 81.5 cm³/mol. The summed E-state index contributed by atoms with van der Waals surface area (Å²) in [5.41, 5.74) is 2.56. The van der Waals surface area contributed by atoms with E-state index in [1.54, 1.807) is 0 Å². The Bertz CT molecular complexity index is 902. The lowest BCUT2D eigenvalue weighted by molar-refractivity contribution is -0.130. The molecule has 3 rings (SSSR count). The Morgan fingerprint density at radius 3 is 2.62 bits per heavy atom. The number of carbonyl (C=O) groups excluding carboxylic acids is 2. The van der Waals surface area contributed by atoms with Gasteiger partial charge in [-0.3, -0.25) is 20.0 Å². The lowest BCUT2D eigenvalue weighted by atomic mass is 10.2. The summed E-state index contributed by atoms with van der Waals surface area (Å²) in [5.74, 6) is -2.84. The number of nitrogens with zero attached hydrogens (tertiary/aromatic N) is 2. The van der Waals surface area contributed by atoms with Crippen LogP contribution in [-0.4, -0.2) is 36.0 Å². The van der Waals surface area contributed by atoms with Gasteiger partial charge in [0.25, 0.3) is 11.8 Å². The molecule has 1 atom stereocenters. The second kappa shape index (κ2) is 6.00. The molecule has 24 heavy (non-hydrogen) atoms. The number of rotatable bonds is 3.